The largest absolute Gasteiger partial charge is 0.355 e. The Labute approximate surface area is 121 Å². The molecule has 1 rings (SSSR count). The zero-order valence-electron chi connectivity index (χ0n) is 11.5. The summed E-state index contributed by atoms with van der Waals surface area (Å²) in [6.45, 7) is 2.00. The van der Waals surface area contributed by atoms with Crippen molar-refractivity contribution >= 4 is 28.3 Å². The third kappa shape index (κ3) is 6.56. The molecule has 0 saturated carbocycles. The minimum atomic E-state index is -3.23. The Bertz CT molecular complexity index is 365. The van der Waals surface area contributed by atoms with Gasteiger partial charge in [-0.25, -0.2) is 12.7 Å². The van der Waals surface area contributed by atoms with Crippen molar-refractivity contribution in [2.24, 2.45) is 5.92 Å². The van der Waals surface area contributed by atoms with Crippen LogP contribution in [0.5, 0.6) is 0 Å². The molecule has 1 amide bonds. The van der Waals surface area contributed by atoms with Crippen molar-refractivity contribution in [3.8, 4) is 0 Å². The molecule has 0 radical (unpaired) electrons. The lowest BCUT2D eigenvalue weighted by atomic mass is 10.00. The van der Waals surface area contributed by atoms with Gasteiger partial charge in [0.1, 0.15) is 0 Å². The smallest absolute Gasteiger partial charge is 0.223 e. The molecule has 0 aromatic rings. The number of hydrogen-bond donors (Lipinski definition) is 2. The highest BCUT2D eigenvalue weighted by Gasteiger charge is 2.20. The van der Waals surface area contributed by atoms with Crippen molar-refractivity contribution in [1.82, 2.24) is 14.9 Å². The summed E-state index contributed by atoms with van der Waals surface area (Å²) in [6.07, 6.45) is 2.69. The second-order valence-electron chi connectivity index (χ2n) is 4.77. The molecule has 6 nitrogen and oxygen atoms in total. The van der Waals surface area contributed by atoms with Crippen molar-refractivity contribution < 1.29 is 13.2 Å². The summed E-state index contributed by atoms with van der Waals surface area (Å²) < 4.78 is 24.2. The normalized spacial score (nSPS) is 20.5. The number of carbonyl (C=O) groups is 1. The zero-order valence-corrected chi connectivity index (χ0v) is 13.1. The summed E-state index contributed by atoms with van der Waals surface area (Å²) in [5.74, 6) is -0.0498. The molecule has 1 atom stereocenters. The van der Waals surface area contributed by atoms with Crippen LogP contribution in [0.2, 0.25) is 0 Å². The van der Waals surface area contributed by atoms with Crippen molar-refractivity contribution in [2.45, 2.75) is 19.3 Å². The van der Waals surface area contributed by atoms with E-state index in [1.807, 2.05) is 0 Å². The Morgan fingerprint density at radius 3 is 2.63 bits per heavy atom. The first-order valence-corrected chi connectivity index (χ1v) is 7.93. The Hall–Kier alpha value is -0.370. The molecule has 0 aromatic heterocycles. The van der Waals surface area contributed by atoms with E-state index in [2.05, 4.69) is 10.6 Å². The SMILES string of the molecule is CN(C)S(=O)(=O)CCNC(=O)C1CCCNCC1.Cl. The van der Waals surface area contributed by atoms with E-state index in [9.17, 15) is 13.2 Å². The van der Waals surface area contributed by atoms with Crippen LogP contribution in [-0.4, -0.2) is 58.1 Å². The number of nitrogens with one attached hydrogen (secondary N) is 2. The van der Waals surface area contributed by atoms with Gasteiger partial charge in [-0.2, -0.15) is 0 Å². The van der Waals surface area contributed by atoms with Gasteiger partial charge >= 0.3 is 0 Å². The predicted molar refractivity (Wildman–Crippen MR) is 77.9 cm³/mol. The summed E-state index contributed by atoms with van der Waals surface area (Å²) >= 11 is 0. The van der Waals surface area contributed by atoms with Gasteiger partial charge in [-0.1, -0.05) is 0 Å². The van der Waals surface area contributed by atoms with Gasteiger partial charge in [0.25, 0.3) is 0 Å². The van der Waals surface area contributed by atoms with Gasteiger partial charge in [0.15, 0.2) is 0 Å². The van der Waals surface area contributed by atoms with Crippen molar-refractivity contribution in [3.05, 3.63) is 0 Å². The Balaban J connectivity index is 0.00000324. The first kappa shape index (κ1) is 18.6. The van der Waals surface area contributed by atoms with E-state index in [0.29, 0.717) is 0 Å². The number of nitrogens with zero attached hydrogens (tertiary/aromatic N) is 1. The Morgan fingerprint density at radius 2 is 2.00 bits per heavy atom. The molecule has 0 spiro atoms. The van der Waals surface area contributed by atoms with Crippen LogP contribution in [0, 0.1) is 5.92 Å². The van der Waals surface area contributed by atoms with Crippen LogP contribution in [0.3, 0.4) is 0 Å². The average molecular weight is 314 g/mol. The average Bonchev–Trinajstić information content (AvgIpc) is 2.56. The molecule has 1 heterocycles. The van der Waals surface area contributed by atoms with Gasteiger partial charge in [-0.15, -0.1) is 12.4 Å². The molecule has 114 valence electrons. The summed E-state index contributed by atoms with van der Waals surface area (Å²) in [5, 5.41) is 5.96. The predicted octanol–water partition coefficient (Wildman–Crippen LogP) is -0.194. The second kappa shape index (κ2) is 8.73. The molecule has 19 heavy (non-hydrogen) atoms. The topological polar surface area (TPSA) is 78.5 Å². The maximum absolute atomic E-state index is 11.9. The highest BCUT2D eigenvalue weighted by atomic mass is 35.5. The van der Waals surface area contributed by atoms with E-state index in [1.165, 1.54) is 18.4 Å². The van der Waals surface area contributed by atoms with E-state index in [0.717, 1.165) is 32.4 Å². The lowest BCUT2D eigenvalue weighted by molar-refractivity contribution is -0.125. The number of hydrogen-bond acceptors (Lipinski definition) is 4. The van der Waals surface area contributed by atoms with Gasteiger partial charge in [0.2, 0.25) is 15.9 Å². The molecular formula is C11H24ClN3O3S. The number of sulfonamides is 1. The molecule has 1 aliphatic heterocycles. The highest BCUT2D eigenvalue weighted by Crippen LogP contribution is 2.13. The van der Waals surface area contributed by atoms with Crippen molar-refractivity contribution in [3.63, 3.8) is 0 Å². The van der Waals surface area contributed by atoms with E-state index >= 15 is 0 Å². The second-order valence-corrected chi connectivity index (χ2v) is 7.07. The quantitative estimate of drug-likeness (QED) is 0.737. The monoisotopic (exact) mass is 313 g/mol. The molecular weight excluding hydrogens is 290 g/mol. The zero-order chi connectivity index (χ0) is 13.6. The molecule has 1 fully saturated rings. The molecule has 0 aromatic carbocycles. The lowest BCUT2D eigenvalue weighted by Crippen LogP contribution is -2.37. The maximum Gasteiger partial charge on any atom is 0.223 e. The fourth-order valence-corrected chi connectivity index (χ4v) is 2.64. The maximum atomic E-state index is 11.9. The van der Waals surface area contributed by atoms with Gasteiger partial charge in [-0.3, -0.25) is 4.79 Å². The molecule has 1 aliphatic rings. The summed E-state index contributed by atoms with van der Waals surface area (Å²) in [6, 6.07) is 0. The lowest BCUT2D eigenvalue weighted by Gasteiger charge is -2.15. The van der Waals surface area contributed by atoms with Crippen LogP contribution in [0.4, 0.5) is 0 Å². The summed E-state index contributed by atoms with van der Waals surface area (Å²) in [7, 11) is -0.237. The first-order chi connectivity index (χ1) is 8.43. The van der Waals surface area contributed by atoms with E-state index in [4.69, 9.17) is 0 Å². The Morgan fingerprint density at radius 1 is 1.32 bits per heavy atom. The molecule has 1 unspecified atom stereocenters. The van der Waals surface area contributed by atoms with Crippen LogP contribution >= 0.6 is 12.4 Å². The number of halogens is 1. The van der Waals surface area contributed by atoms with Crippen LogP contribution in [0.25, 0.3) is 0 Å². The highest BCUT2D eigenvalue weighted by molar-refractivity contribution is 7.89. The summed E-state index contributed by atoms with van der Waals surface area (Å²) in [5.41, 5.74) is 0. The van der Waals surface area contributed by atoms with Gasteiger partial charge in [-0.05, 0) is 32.4 Å². The Kier molecular flexibility index (Phi) is 8.56. The first-order valence-electron chi connectivity index (χ1n) is 6.32. The number of rotatable bonds is 5. The van der Waals surface area contributed by atoms with Crippen LogP contribution in [0.15, 0.2) is 0 Å². The minimum Gasteiger partial charge on any atom is -0.355 e. The van der Waals surface area contributed by atoms with Crippen molar-refractivity contribution in [2.75, 3.05) is 39.5 Å². The fourth-order valence-electron chi connectivity index (χ4n) is 1.91. The minimum absolute atomic E-state index is 0. The van der Waals surface area contributed by atoms with Gasteiger partial charge < -0.3 is 10.6 Å². The molecule has 1 saturated heterocycles. The third-order valence-corrected chi connectivity index (χ3v) is 4.99. The van der Waals surface area contributed by atoms with E-state index in [1.54, 1.807) is 0 Å². The van der Waals surface area contributed by atoms with Crippen molar-refractivity contribution in [1.29, 1.82) is 0 Å². The number of amides is 1. The fraction of sp³-hybridized carbons (Fsp3) is 0.909. The number of carbonyl (C=O) groups excluding carboxylic acids is 1. The van der Waals surface area contributed by atoms with Crippen LogP contribution in [-0.2, 0) is 14.8 Å². The van der Waals surface area contributed by atoms with E-state index < -0.39 is 10.0 Å². The van der Waals surface area contributed by atoms with E-state index in [-0.39, 0.29) is 36.5 Å². The van der Waals surface area contributed by atoms with Crippen LogP contribution < -0.4 is 10.6 Å². The van der Waals surface area contributed by atoms with Crippen LogP contribution in [0.1, 0.15) is 19.3 Å². The molecule has 0 aliphatic carbocycles. The van der Waals surface area contributed by atoms with Gasteiger partial charge in [0, 0.05) is 26.6 Å². The molecule has 8 heteroatoms. The molecule has 0 bridgehead atoms. The molecule has 2 N–H and O–H groups in total. The standard InChI is InChI=1S/C11H23N3O3S.ClH/c1-14(2)18(16,17)9-8-13-11(15)10-4-3-6-12-7-5-10;/h10,12H,3-9H2,1-2H3,(H,13,15);1H. The van der Waals surface area contributed by atoms with Gasteiger partial charge in [0.05, 0.1) is 5.75 Å². The third-order valence-electron chi connectivity index (χ3n) is 3.16. The summed E-state index contributed by atoms with van der Waals surface area (Å²) in [4.78, 5) is 11.9.